The van der Waals surface area contributed by atoms with Crippen molar-refractivity contribution in [3.63, 3.8) is 0 Å². The topological polar surface area (TPSA) is 45.2 Å². The molecule has 1 fully saturated rings. The van der Waals surface area contributed by atoms with Crippen molar-refractivity contribution in [2.45, 2.75) is 37.0 Å². The van der Waals surface area contributed by atoms with Crippen LogP contribution in [0.2, 0.25) is 5.02 Å². The highest BCUT2D eigenvalue weighted by Gasteiger charge is 2.33. The molecule has 2 heterocycles. The Labute approximate surface area is 172 Å². The molecule has 1 saturated heterocycles. The van der Waals surface area contributed by atoms with Crippen LogP contribution in [0.4, 0.5) is 20.3 Å². The largest absolute Gasteiger partial charge is 0.356 e. The van der Waals surface area contributed by atoms with Gasteiger partial charge in [-0.25, -0.2) is 13.8 Å². The monoisotopic (exact) mass is 425 g/mol. The second-order valence-electron chi connectivity index (χ2n) is 6.81. The third kappa shape index (κ3) is 4.75. The number of rotatable bonds is 4. The molecular weight excluding hydrogens is 404 g/mol. The summed E-state index contributed by atoms with van der Waals surface area (Å²) in [7, 11) is 0. The molecule has 0 spiro atoms. The molecule has 0 radical (unpaired) electrons. The predicted molar refractivity (Wildman–Crippen MR) is 111 cm³/mol. The molecule has 1 amide bonds. The summed E-state index contributed by atoms with van der Waals surface area (Å²) in [6.07, 6.45) is 3.36. The van der Waals surface area contributed by atoms with Crippen LogP contribution in [0.15, 0.2) is 35.4 Å². The zero-order chi connectivity index (χ0) is 20.3. The van der Waals surface area contributed by atoms with Crippen molar-refractivity contribution in [3.05, 3.63) is 46.6 Å². The van der Waals surface area contributed by atoms with Gasteiger partial charge in [-0.1, -0.05) is 17.7 Å². The minimum absolute atomic E-state index is 0.142. The van der Waals surface area contributed by atoms with Gasteiger partial charge in [-0.15, -0.1) is 11.8 Å². The van der Waals surface area contributed by atoms with Gasteiger partial charge in [-0.05, 0) is 43.4 Å². The van der Waals surface area contributed by atoms with E-state index in [1.807, 2.05) is 24.5 Å². The number of benzene rings is 1. The normalized spacial score (nSPS) is 16.5. The fraction of sp³-hybridized carbons (Fsp3) is 0.400. The van der Waals surface area contributed by atoms with Crippen molar-refractivity contribution in [1.29, 1.82) is 0 Å². The Hall–Kier alpha value is -1.86. The van der Waals surface area contributed by atoms with Crippen LogP contribution < -0.4 is 10.2 Å². The predicted octanol–water partition coefficient (Wildman–Crippen LogP) is 5.64. The highest BCUT2D eigenvalue weighted by Crippen LogP contribution is 2.33. The summed E-state index contributed by atoms with van der Waals surface area (Å²) in [5.41, 5.74) is 1.57. The van der Waals surface area contributed by atoms with E-state index < -0.39 is 5.92 Å². The minimum atomic E-state index is -2.68. The molecule has 1 aromatic heterocycles. The highest BCUT2D eigenvalue weighted by atomic mass is 35.5. The molecule has 1 N–H and O–H groups in total. The van der Waals surface area contributed by atoms with Gasteiger partial charge in [0, 0.05) is 42.7 Å². The summed E-state index contributed by atoms with van der Waals surface area (Å²) in [5, 5.41) is 3.25. The van der Waals surface area contributed by atoms with Crippen LogP contribution in [-0.4, -0.2) is 36.2 Å². The minimum Gasteiger partial charge on any atom is -0.356 e. The first-order valence-electron chi connectivity index (χ1n) is 9.04. The summed E-state index contributed by atoms with van der Waals surface area (Å²) in [6.45, 7) is 2.31. The summed E-state index contributed by atoms with van der Waals surface area (Å²) in [4.78, 5) is 20.2. The number of anilines is 2. The maximum Gasteiger partial charge on any atom is 0.259 e. The van der Waals surface area contributed by atoms with Crippen molar-refractivity contribution in [2.75, 3.05) is 29.6 Å². The number of amides is 1. The molecule has 1 aliphatic heterocycles. The Morgan fingerprint density at radius 3 is 2.86 bits per heavy atom. The number of halogens is 3. The Kier molecular flexibility index (Phi) is 6.45. The van der Waals surface area contributed by atoms with E-state index in [0.29, 0.717) is 40.6 Å². The number of aromatic nitrogens is 1. The van der Waals surface area contributed by atoms with Crippen molar-refractivity contribution in [2.24, 2.45) is 0 Å². The fourth-order valence-corrected chi connectivity index (χ4v) is 3.85. The SMILES string of the molecule is CSc1cccc(NC(=O)c2c(N3CCCC(F)(F)CC3)ncc(Cl)c2C)c1. The van der Waals surface area contributed by atoms with Crippen molar-refractivity contribution in [3.8, 4) is 0 Å². The third-order valence-electron chi connectivity index (χ3n) is 4.83. The maximum absolute atomic E-state index is 13.8. The van der Waals surface area contributed by atoms with Gasteiger partial charge in [-0.2, -0.15) is 0 Å². The zero-order valence-electron chi connectivity index (χ0n) is 15.8. The Morgan fingerprint density at radius 1 is 1.32 bits per heavy atom. The van der Waals surface area contributed by atoms with Crippen LogP contribution >= 0.6 is 23.4 Å². The zero-order valence-corrected chi connectivity index (χ0v) is 17.3. The van der Waals surface area contributed by atoms with Crippen LogP contribution in [0.25, 0.3) is 0 Å². The fourth-order valence-electron chi connectivity index (χ4n) is 3.25. The quantitative estimate of drug-likeness (QED) is 0.643. The van der Waals surface area contributed by atoms with E-state index in [0.717, 1.165) is 4.90 Å². The number of thioether (sulfide) groups is 1. The molecule has 150 valence electrons. The van der Waals surface area contributed by atoms with Gasteiger partial charge in [0.2, 0.25) is 5.92 Å². The lowest BCUT2D eigenvalue weighted by molar-refractivity contribution is -0.0102. The van der Waals surface area contributed by atoms with Crippen LogP contribution in [-0.2, 0) is 0 Å². The molecular formula is C20H22ClF2N3OS. The van der Waals surface area contributed by atoms with Crippen molar-refractivity contribution < 1.29 is 13.6 Å². The van der Waals surface area contributed by atoms with E-state index in [2.05, 4.69) is 10.3 Å². The first-order valence-corrected chi connectivity index (χ1v) is 10.6. The van der Waals surface area contributed by atoms with E-state index in [1.54, 1.807) is 29.7 Å². The lowest BCUT2D eigenvalue weighted by Crippen LogP contribution is -2.30. The molecule has 0 bridgehead atoms. The number of hydrogen-bond donors (Lipinski definition) is 1. The number of nitrogens with zero attached hydrogens (tertiary/aromatic N) is 2. The number of alkyl halides is 2. The number of carbonyl (C=O) groups excluding carboxylic acids is 1. The first kappa shape index (κ1) is 20.9. The molecule has 0 saturated carbocycles. The van der Waals surface area contributed by atoms with Crippen LogP contribution in [0.3, 0.4) is 0 Å². The molecule has 8 heteroatoms. The average Bonchev–Trinajstić information content (AvgIpc) is 2.84. The molecule has 1 aromatic carbocycles. The van der Waals surface area contributed by atoms with Crippen LogP contribution in [0.1, 0.15) is 35.2 Å². The summed E-state index contributed by atoms with van der Waals surface area (Å²) < 4.78 is 27.5. The Bertz CT molecular complexity index is 879. The molecule has 3 rings (SSSR count). The molecule has 0 atom stereocenters. The van der Waals surface area contributed by atoms with E-state index in [4.69, 9.17) is 11.6 Å². The number of carbonyl (C=O) groups is 1. The standard InChI is InChI=1S/C20H22ClF2N3OS/c1-13-16(21)12-24-18(26-9-4-7-20(22,23)8-10-26)17(13)19(27)25-14-5-3-6-15(11-14)28-2/h3,5-6,11-12H,4,7-10H2,1-2H3,(H,25,27). The van der Waals surface area contributed by atoms with Gasteiger partial charge < -0.3 is 10.2 Å². The number of pyridine rings is 1. The second-order valence-corrected chi connectivity index (χ2v) is 8.10. The van der Waals surface area contributed by atoms with Gasteiger partial charge >= 0.3 is 0 Å². The Morgan fingerprint density at radius 2 is 2.11 bits per heavy atom. The van der Waals surface area contributed by atoms with Gasteiger partial charge in [0.1, 0.15) is 5.82 Å². The second kappa shape index (κ2) is 8.66. The molecule has 28 heavy (non-hydrogen) atoms. The lowest BCUT2D eigenvalue weighted by atomic mass is 10.1. The van der Waals surface area contributed by atoms with Crippen LogP contribution in [0.5, 0.6) is 0 Å². The highest BCUT2D eigenvalue weighted by molar-refractivity contribution is 7.98. The van der Waals surface area contributed by atoms with E-state index in [-0.39, 0.29) is 25.3 Å². The van der Waals surface area contributed by atoms with Gasteiger partial charge in [0.15, 0.2) is 0 Å². The maximum atomic E-state index is 13.8. The van der Waals surface area contributed by atoms with Crippen molar-refractivity contribution >= 4 is 40.8 Å². The van der Waals surface area contributed by atoms with Crippen LogP contribution in [0, 0.1) is 6.92 Å². The Balaban J connectivity index is 1.93. The van der Waals surface area contributed by atoms with Gasteiger partial charge in [0.25, 0.3) is 5.91 Å². The van der Waals surface area contributed by atoms with Crippen molar-refractivity contribution in [1.82, 2.24) is 4.98 Å². The number of hydrogen-bond acceptors (Lipinski definition) is 4. The van der Waals surface area contributed by atoms with E-state index >= 15 is 0 Å². The van der Waals surface area contributed by atoms with E-state index in [1.165, 1.54) is 6.20 Å². The molecule has 2 aromatic rings. The smallest absolute Gasteiger partial charge is 0.259 e. The van der Waals surface area contributed by atoms with Gasteiger partial charge in [0.05, 0.1) is 10.6 Å². The number of nitrogens with one attached hydrogen (secondary N) is 1. The third-order valence-corrected chi connectivity index (χ3v) is 5.94. The molecule has 4 nitrogen and oxygen atoms in total. The summed E-state index contributed by atoms with van der Waals surface area (Å²) >= 11 is 7.79. The summed E-state index contributed by atoms with van der Waals surface area (Å²) in [5.74, 6) is -2.63. The van der Waals surface area contributed by atoms with Gasteiger partial charge in [-0.3, -0.25) is 4.79 Å². The van der Waals surface area contributed by atoms with E-state index in [9.17, 15) is 13.6 Å². The molecule has 0 aliphatic carbocycles. The lowest BCUT2D eigenvalue weighted by Gasteiger charge is -2.25. The average molecular weight is 426 g/mol. The molecule has 1 aliphatic rings. The summed E-state index contributed by atoms with van der Waals surface area (Å²) in [6, 6.07) is 7.50. The molecule has 0 unspecified atom stereocenters. The first-order chi connectivity index (χ1) is 13.3.